The van der Waals surface area contributed by atoms with E-state index in [1.165, 1.54) is 0 Å². The summed E-state index contributed by atoms with van der Waals surface area (Å²) in [7, 11) is 0. The molecule has 0 aromatic carbocycles. The number of hydrogen-bond acceptors (Lipinski definition) is 3. The molecule has 17 heavy (non-hydrogen) atoms. The second kappa shape index (κ2) is 6.36. The number of piperidine rings is 1. The maximum absolute atomic E-state index is 11.8. The molecule has 3 unspecified atom stereocenters. The van der Waals surface area contributed by atoms with Crippen LogP contribution in [0.2, 0.25) is 0 Å². The molecule has 0 saturated carbocycles. The Labute approximate surface area is 103 Å². The van der Waals surface area contributed by atoms with Gasteiger partial charge in [0.05, 0.1) is 6.10 Å². The molecule has 98 valence electrons. The van der Waals surface area contributed by atoms with E-state index in [0.717, 1.165) is 45.3 Å². The van der Waals surface area contributed by atoms with Crippen molar-refractivity contribution in [2.45, 2.75) is 63.6 Å². The van der Waals surface area contributed by atoms with Crippen molar-refractivity contribution in [1.82, 2.24) is 10.6 Å². The second-order valence-corrected chi connectivity index (χ2v) is 5.23. The molecule has 0 aromatic rings. The molecule has 2 fully saturated rings. The molecule has 4 nitrogen and oxygen atoms in total. The third-order valence-electron chi connectivity index (χ3n) is 3.83. The Hall–Kier alpha value is -0.610. The van der Waals surface area contributed by atoms with Crippen molar-refractivity contribution in [3.8, 4) is 0 Å². The van der Waals surface area contributed by atoms with Gasteiger partial charge in [-0.1, -0.05) is 0 Å². The number of carbonyl (C=O) groups excluding carboxylic acids is 1. The molecule has 0 bridgehead atoms. The van der Waals surface area contributed by atoms with E-state index < -0.39 is 0 Å². The fourth-order valence-electron chi connectivity index (χ4n) is 2.68. The Morgan fingerprint density at radius 1 is 1.41 bits per heavy atom. The lowest BCUT2D eigenvalue weighted by Gasteiger charge is -2.30. The van der Waals surface area contributed by atoms with E-state index in [4.69, 9.17) is 4.74 Å². The highest BCUT2D eigenvalue weighted by Gasteiger charge is 2.23. The molecule has 0 spiro atoms. The lowest BCUT2D eigenvalue weighted by molar-refractivity contribution is -0.122. The first-order valence-corrected chi connectivity index (χ1v) is 6.90. The Kier molecular flexibility index (Phi) is 4.80. The van der Waals surface area contributed by atoms with Gasteiger partial charge in [-0.3, -0.25) is 4.79 Å². The van der Waals surface area contributed by atoms with Crippen LogP contribution in [0.1, 0.15) is 45.4 Å². The normalized spacial score (nSPS) is 33.6. The molecular weight excluding hydrogens is 216 g/mol. The fraction of sp³-hybridized carbons (Fsp3) is 0.923. The minimum Gasteiger partial charge on any atom is -0.378 e. The van der Waals surface area contributed by atoms with Gasteiger partial charge < -0.3 is 15.4 Å². The van der Waals surface area contributed by atoms with E-state index in [2.05, 4.69) is 17.6 Å². The van der Waals surface area contributed by atoms with Crippen molar-refractivity contribution in [3.63, 3.8) is 0 Å². The van der Waals surface area contributed by atoms with Crippen LogP contribution < -0.4 is 10.6 Å². The quantitative estimate of drug-likeness (QED) is 0.776. The summed E-state index contributed by atoms with van der Waals surface area (Å²) in [5.74, 6) is 0.182. The Balaban J connectivity index is 1.65. The minimum absolute atomic E-state index is 0.182. The Morgan fingerprint density at radius 3 is 3.00 bits per heavy atom. The van der Waals surface area contributed by atoms with E-state index in [1.807, 2.05) is 0 Å². The molecule has 2 heterocycles. The van der Waals surface area contributed by atoms with Gasteiger partial charge in [-0.05, 0) is 45.6 Å². The van der Waals surface area contributed by atoms with Crippen molar-refractivity contribution >= 4 is 5.91 Å². The highest BCUT2D eigenvalue weighted by Crippen LogP contribution is 2.17. The number of carbonyl (C=O) groups is 1. The highest BCUT2D eigenvalue weighted by atomic mass is 16.5. The van der Waals surface area contributed by atoms with E-state index in [0.29, 0.717) is 24.6 Å². The zero-order chi connectivity index (χ0) is 12.1. The van der Waals surface area contributed by atoms with Crippen LogP contribution in [-0.2, 0) is 9.53 Å². The molecule has 4 heteroatoms. The predicted octanol–water partition coefficient (Wildman–Crippen LogP) is 1.20. The molecule has 0 aliphatic carbocycles. The van der Waals surface area contributed by atoms with Gasteiger partial charge in [-0.25, -0.2) is 0 Å². The van der Waals surface area contributed by atoms with Gasteiger partial charge in [-0.15, -0.1) is 0 Å². The average Bonchev–Trinajstić information content (AvgIpc) is 2.82. The first-order valence-electron chi connectivity index (χ1n) is 6.90. The third-order valence-corrected chi connectivity index (χ3v) is 3.83. The van der Waals surface area contributed by atoms with Crippen LogP contribution in [0.15, 0.2) is 0 Å². The summed E-state index contributed by atoms with van der Waals surface area (Å²) in [6.45, 7) is 4.09. The van der Waals surface area contributed by atoms with E-state index in [1.54, 1.807) is 0 Å². The minimum atomic E-state index is 0.182. The molecule has 2 aliphatic rings. The van der Waals surface area contributed by atoms with Gasteiger partial charge >= 0.3 is 0 Å². The summed E-state index contributed by atoms with van der Waals surface area (Å²) in [6, 6.07) is 0.705. The largest absolute Gasteiger partial charge is 0.378 e. The van der Waals surface area contributed by atoms with Gasteiger partial charge in [0.25, 0.3) is 0 Å². The number of hydrogen-bond donors (Lipinski definition) is 2. The zero-order valence-electron chi connectivity index (χ0n) is 10.7. The van der Waals surface area contributed by atoms with E-state index in [9.17, 15) is 4.79 Å². The molecule has 0 aromatic heterocycles. The SMILES string of the molecule is CC1NCCCC1NC(=O)CCC1CCCO1. The number of amides is 1. The molecule has 2 saturated heterocycles. The summed E-state index contributed by atoms with van der Waals surface area (Å²) in [4.78, 5) is 11.8. The maximum atomic E-state index is 11.8. The number of ether oxygens (including phenoxy) is 1. The molecular formula is C13H24N2O2. The lowest BCUT2D eigenvalue weighted by atomic mass is 9.99. The number of rotatable bonds is 4. The first kappa shape index (κ1) is 12.8. The van der Waals surface area contributed by atoms with Crippen molar-refractivity contribution in [2.75, 3.05) is 13.2 Å². The van der Waals surface area contributed by atoms with Crippen molar-refractivity contribution in [1.29, 1.82) is 0 Å². The predicted molar refractivity (Wildman–Crippen MR) is 66.8 cm³/mol. The fourth-order valence-corrected chi connectivity index (χ4v) is 2.68. The zero-order valence-corrected chi connectivity index (χ0v) is 10.7. The maximum Gasteiger partial charge on any atom is 0.220 e. The van der Waals surface area contributed by atoms with Crippen LogP contribution in [-0.4, -0.2) is 37.2 Å². The summed E-state index contributed by atoms with van der Waals surface area (Å²) in [5.41, 5.74) is 0. The molecule has 2 N–H and O–H groups in total. The van der Waals surface area contributed by atoms with Crippen molar-refractivity contribution < 1.29 is 9.53 Å². The number of nitrogens with one attached hydrogen (secondary N) is 2. The van der Waals surface area contributed by atoms with Crippen LogP contribution in [0.25, 0.3) is 0 Å². The first-order chi connectivity index (χ1) is 8.25. The molecule has 1 amide bonds. The van der Waals surface area contributed by atoms with Crippen LogP contribution in [0.5, 0.6) is 0 Å². The second-order valence-electron chi connectivity index (χ2n) is 5.23. The van der Waals surface area contributed by atoms with Crippen LogP contribution in [0, 0.1) is 0 Å². The van der Waals surface area contributed by atoms with Gasteiger partial charge in [0.2, 0.25) is 5.91 Å². The molecule has 2 aliphatic heterocycles. The van der Waals surface area contributed by atoms with Crippen LogP contribution in [0.4, 0.5) is 0 Å². The monoisotopic (exact) mass is 240 g/mol. The summed E-state index contributed by atoms with van der Waals surface area (Å²) in [6.07, 6.45) is 6.32. The molecule has 3 atom stereocenters. The molecule has 2 rings (SSSR count). The van der Waals surface area contributed by atoms with Gasteiger partial charge in [0.15, 0.2) is 0 Å². The van der Waals surface area contributed by atoms with Gasteiger partial charge in [0.1, 0.15) is 0 Å². The van der Waals surface area contributed by atoms with Gasteiger partial charge in [-0.2, -0.15) is 0 Å². The van der Waals surface area contributed by atoms with Gasteiger partial charge in [0, 0.05) is 25.1 Å². The van der Waals surface area contributed by atoms with Crippen LogP contribution in [0.3, 0.4) is 0 Å². The smallest absolute Gasteiger partial charge is 0.220 e. The standard InChI is InChI=1S/C13H24N2O2/c1-10-12(5-2-8-14-10)15-13(16)7-6-11-4-3-9-17-11/h10-12,14H,2-9H2,1H3,(H,15,16). The Morgan fingerprint density at radius 2 is 2.29 bits per heavy atom. The summed E-state index contributed by atoms with van der Waals surface area (Å²) >= 11 is 0. The summed E-state index contributed by atoms with van der Waals surface area (Å²) in [5, 5.41) is 6.53. The third kappa shape index (κ3) is 3.96. The molecule has 0 radical (unpaired) electrons. The highest BCUT2D eigenvalue weighted by molar-refractivity contribution is 5.76. The Bertz CT molecular complexity index is 252. The van der Waals surface area contributed by atoms with E-state index >= 15 is 0 Å². The summed E-state index contributed by atoms with van der Waals surface area (Å²) < 4.78 is 5.52. The van der Waals surface area contributed by atoms with Crippen molar-refractivity contribution in [2.24, 2.45) is 0 Å². The van der Waals surface area contributed by atoms with E-state index in [-0.39, 0.29) is 5.91 Å². The lowest BCUT2D eigenvalue weighted by Crippen LogP contribution is -2.51. The average molecular weight is 240 g/mol. The van der Waals surface area contributed by atoms with Crippen LogP contribution >= 0.6 is 0 Å². The topological polar surface area (TPSA) is 50.4 Å². The van der Waals surface area contributed by atoms with Crippen molar-refractivity contribution in [3.05, 3.63) is 0 Å².